The molecule has 0 aliphatic carbocycles. The van der Waals surface area contributed by atoms with Crippen molar-refractivity contribution in [1.82, 2.24) is 0 Å². The van der Waals surface area contributed by atoms with Gasteiger partial charge in [0.05, 0.1) is 0 Å². The monoisotopic (exact) mass is 304 g/mol. The quantitative estimate of drug-likeness (QED) is 0.878. The molecule has 0 saturated heterocycles. The molecule has 1 aromatic rings. The van der Waals surface area contributed by atoms with Crippen LogP contribution in [-0.4, -0.2) is 23.8 Å². The first-order valence-electron chi connectivity index (χ1n) is 5.95. The normalized spacial score (nSPS) is 11.7. The molecule has 0 aromatic heterocycles. The third kappa shape index (κ3) is 6.15. The highest BCUT2D eigenvalue weighted by atomic mass is 19.4. The highest BCUT2D eigenvalue weighted by Crippen LogP contribution is 2.20. The topological polar surface area (TPSA) is 67.4 Å². The van der Waals surface area contributed by atoms with Gasteiger partial charge in [0.15, 0.2) is 0 Å². The van der Waals surface area contributed by atoms with Crippen LogP contribution in [0, 0.1) is 0 Å². The highest BCUT2D eigenvalue weighted by molar-refractivity contribution is 5.95. The van der Waals surface area contributed by atoms with Gasteiger partial charge in [-0.1, -0.05) is 0 Å². The van der Waals surface area contributed by atoms with Crippen molar-refractivity contribution in [2.24, 2.45) is 0 Å². The Bertz CT molecular complexity index is 519. The number of carbonyl (C=O) groups is 2. The van der Waals surface area contributed by atoms with E-state index in [-0.39, 0.29) is 5.69 Å². The van der Waals surface area contributed by atoms with Crippen molar-refractivity contribution in [3.8, 4) is 0 Å². The van der Waals surface area contributed by atoms with E-state index in [1.807, 2.05) is 0 Å². The van der Waals surface area contributed by atoms with E-state index < -0.39 is 23.8 Å². The van der Waals surface area contributed by atoms with Crippen LogP contribution in [0.5, 0.6) is 0 Å². The van der Waals surface area contributed by atoms with Crippen LogP contribution in [0.1, 0.15) is 20.8 Å². The summed E-state index contributed by atoms with van der Waals surface area (Å²) in [6, 6.07) is 5.15. The van der Waals surface area contributed by atoms with Crippen molar-refractivity contribution in [3.63, 3.8) is 0 Å². The molecule has 1 aromatic carbocycles. The molecule has 5 nitrogen and oxygen atoms in total. The van der Waals surface area contributed by atoms with E-state index in [0.717, 1.165) is 0 Å². The zero-order valence-electron chi connectivity index (χ0n) is 11.7. The largest absolute Gasteiger partial charge is 0.471 e. The Morgan fingerprint density at radius 1 is 0.952 bits per heavy atom. The van der Waals surface area contributed by atoms with E-state index in [2.05, 4.69) is 5.32 Å². The standard InChI is InChI=1S/C13H15F3N2O3/c1-12(2,3)21-11(20)18-9-6-4-8(5-7-9)17-10(19)13(14,15)16/h4-7H,1-3H3,(H,17,19)(H,18,20). The van der Waals surface area contributed by atoms with Crippen molar-refractivity contribution in [2.75, 3.05) is 10.6 Å². The van der Waals surface area contributed by atoms with E-state index in [1.165, 1.54) is 24.3 Å². The van der Waals surface area contributed by atoms with E-state index in [9.17, 15) is 22.8 Å². The number of alkyl halides is 3. The summed E-state index contributed by atoms with van der Waals surface area (Å²) in [6.07, 6.45) is -5.64. The molecular formula is C13H15F3N2O3. The summed E-state index contributed by atoms with van der Waals surface area (Å²) >= 11 is 0. The summed E-state index contributed by atoms with van der Waals surface area (Å²) in [5.74, 6) is -2.06. The maximum Gasteiger partial charge on any atom is 0.471 e. The smallest absolute Gasteiger partial charge is 0.444 e. The van der Waals surface area contributed by atoms with Gasteiger partial charge >= 0.3 is 18.2 Å². The van der Waals surface area contributed by atoms with Crippen LogP contribution >= 0.6 is 0 Å². The van der Waals surface area contributed by atoms with Gasteiger partial charge in [-0.3, -0.25) is 10.1 Å². The van der Waals surface area contributed by atoms with Crippen molar-refractivity contribution in [1.29, 1.82) is 0 Å². The lowest BCUT2D eigenvalue weighted by molar-refractivity contribution is -0.167. The molecule has 21 heavy (non-hydrogen) atoms. The number of amides is 2. The number of rotatable bonds is 2. The second-order valence-electron chi connectivity index (χ2n) is 5.16. The second kappa shape index (κ2) is 6.02. The van der Waals surface area contributed by atoms with Gasteiger partial charge in [-0.05, 0) is 45.0 Å². The third-order valence-electron chi connectivity index (χ3n) is 2.05. The van der Waals surface area contributed by atoms with Gasteiger partial charge < -0.3 is 10.1 Å². The Labute approximate surface area is 119 Å². The lowest BCUT2D eigenvalue weighted by atomic mass is 10.2. The van der Waals surface area contributed by atoms with Crippen molar-refractivity contribution in [2.45, 2.75) is 32.5 Å². The van der Waals surface area contributed by atoms with Crippen LogP contribution in [0.2, 0.25) is 0 Å². The van der Waals surface area contributed by atoms with E-state index in [1.54, 1.807) is 26.1 Å². The maximum atomic E-state index is 12.1. The average molecular weight is 304 g/mol. The number of hydrogen-bond acceptors (Lipinski definition) is 3. The average Bonchev–Trinajstić information content (AvgIpc) is 2.27. The third-order valence-corrected chi connectivity index (χ3v) is 2.05. The van der Waals surface area contributed by atoms with Gasteiger partial charge in [-0.25, -0.2) is 4.79 Å². The van der Waals surface area contributed by atoms with Crippen LogP contribution in [-0.2, 0) is 9.53 Å². The number of benzene rings is 1. The number of hydrogen-bond donors (Lipinski definition) is 2. The van der Waals surface area contributed by atoms with Gasteiger partial charge in [0.2, 0.25) is 0 Å². The van der Waals surface area contributed by atoms with Gasteiger partial charge in [0, 0.05) is 11.4 Å². The lowest BCUT2D eigenvalue weighted by Gasteiger charge is -2.19. The van der Waals surface area contributed by atoms with Gasteiger partial charge in [-0.2, -0.15) is 13.2 Å². The number of ether oxygens (including phenoxy) is 1. The molecule has 0 unspecified atom stereocenters. The summed E-state index contributed by atoms with van der Waals surface area (Å²) in [5, 5.41) is 4.11. The first-order chi connectivity index (χ1) is 9.47. The fourth-order valence-corrected chi connectivity index (χ4v) is 1.26. The van der Waals surface area contributed by atoms with Crippen LogP contribution in [0.15, 0.2) is 24.3 Å². The van der Waals surface area contributed by atoms with Gasteiger partial charge in [0.1, 0.15) is 5.60 Å². The minimum atomic E-state index is -4.95. The molecule has 0 spiro atoms. The molecule has 0 heterocycles. The Kier molecular flexibility index (Phi) is 4.82. The van der Waals surface area contributed by atoms with Crippen molar-refractivity contribution >= 4 is 23.4 Å². The molecule has 0 aliphatic rings. The summed E-state index contributed by atoms with van der Waals surface area (Å²) in [6.45, 7) is 5.09. The number of halogens is 3. The van der Waals surface area contributed by atoms with Gasteiger partial charge in [-0.15, -0.1) is 0 Å². The minimum Gasteiger partial charge on any atom is -0.444 e. The molecule has 0 radical (unpaired) electrons. The molecular weight excluding hydrogens is 289 g/mol. The van der Waals surface area contributed by atoms with Crippen molar-refractivity contribution in [3.05, 3.63) is 24.3 Å². The number of anilines is 2. The number of carbonyl (C=O) groups excluding carboxylic acids is 2. The zero-order chi connectivity index (χ0) is 16.3. The van der Waals surface area contributed by atoms with Gasteiger partial charge in [0.25, 0.3) is 0 Å². The first-order valence-corrected chi connectivity index (χ1v) is 5.95. The van der Waals surface area contributed by atoms with E-state index >= 15 is 0 Å². The van der Waals surface area contributed by atoms with E-state index in [0.29, 0.717) is 5.69 Å². The molecule has 116 valence electrons. The Morgan fingerprint density at radius 3 is 1.76 bits per heavy atom. The maximum absolute atomic E-state index is 12.1. The van der Waals surface area contributed by atoms with Crippen LogP contribution in [0.25, 0.3) is 0 Å². The minimum absolute atomic E-state index is 0.0351. The Hall–Kier alpha value is -2.25. The second-order valence-corrected chi connectivity index (χ2v) is 5.16. The molecule has 2 amide bonds. The van der Waals surface area contributed by atoms with Crippen molar-refractivity contribution < 1.29 is 27.5 Å². The van der Waals surface area contributed by atoms with Crippen LogP contribution in [0.4, 0.5) is 29.3 Å². The zero-order valence-corrected chi connectivity index (χ0v) is 11.7. The summed E-state index contributed by atoms with van der Waals surface area (Å²) in [7, 11) is 0. The predicted molar refractivity (Wildman–Crippen MR) is 71.0 cm³/mol. The molecule has 0 aliphatic heterocycles. The lowest BCUT2D eigenvalue weighted by Crippen LogP contribution is -2.29. The molecule has 0 fully saturated rings. The Balaban J connectivity index is 2.63. The highest BCUT2D eigenvalue weighted by Gasteiger charge is 2.38. The first kappa shape index (κ1) is 16.8. The molecule has 2 N–H and O–H groups in total. The van der Waals surface area contributed by atoms with Crippen LogP contribution < -0.4 is 10.6 Å². The molecule has 8 heteroatoms. The molecule has 0 atom stereocenters. The van der Waals surface area contributed by atoms with Crippen LogP contribution in [0.3, 0.4) is 0 Å². The number of nitrogens with one attached hydrogen (secondary N) is 2. The SMILES string of the molecule is CC(C)(C)OC(=O)Nc1ccc(NC(=O)C(F)(F)F)cc1. The summed E-state index contributed by atoms with van der Waals surface area (Å²) in [4.78, 5) is 22.2. The Morgan fingerprint density at radius 2 is 1.38 bits per heavy atom. The fraction of sp³-hybridized carbons (Fsp3) is 0.385. The summed E-state index contributed by atoms with van der Waals surface area (Å²) < 4.78 is 41.2. The fourth-order valence-electron chi connectivity index (χ4n) is 1.26. The predicted octanol–water partition coefficient (Wildman–Crippen LogP) is 3.53. The summed E-state index contributed by atoms with van der Waals surface area (Å²) in [5.41, 5.74) is -0.369. The molecule has 1 rings (SSSR count). The van der Waals surface area contributed by atoms with E-state index in [4.69, 9.17) is 4.74 Å². The molecule has 0 bridgehead atoms. The molecule has 0 saturated carbocycles.